The van der Waals surface area contributed by atoms with Gasteiger partial charge in [0.15, 0.2) is 12.4 Å². The highest BCUT2D eigenvalue weighted by atomic mass is 19.4. The summed E-state index contributed by atoms with van der Waals surface area (Å²) in [4.78, 5) is 3.99. The molecule has 3 rings (SSSR count). The normalized spacial score (nSPS) is 11.4. The number of anilines is 2. The van der Waals surface area contributed by atoms with Gasteiger partial charge in [-0.25, -0.2) is 0 Å². The number of benzene rings is 1. The fourth-order valence-electron chi connectivity index (χ4n) is 1.88. The largest absolute Gasteiger partial charge is 0.619 e. The highest BCUT2D eigenvalue weighted by molar-refractivity contribution is 5.57. The lowest BCUT2D eigenvalue weighted by molar-refractivity contribution is -0.604. The second-order valence-electron chi connectivity index (χ2n) is 4.58. The fourth-order valence-corrected chi connectivity index (χ4v) is 1.88. The van der Waals surface area contributed by atoms with Crippen molar-refractivity contribution in [1.29, 1.82) is 0 Å². The fraction of sp³-hybridized carbons (Fsp3) is 0.0714. The Labute approximate surface area is 127 Å². The van der Waals surface area contributed by atoms with Crippen molar-refractivity contribution in [2.45, 2.75) is 6.18 Å². The minimum Gasteiger partial charge on any atom is -0.619 e. The van der Waals surface area contributed by atoms with Crippen LogP contribution in [0.25, 0.3) is 11.4 Å². The smallest absolute Gasteiger partial charge is 0.416 e. The van der Waals surface area contributed by atoms with Crippen LogP contribution in [0.5, 0.6) is 0 Å². The lowest BCUT2D eigenvalue weighted by Crippen LogP contribution is -2.24. The van der Waals surface area contributed by atoms with Gasteiger partial charge in [0.05, 0.1) is 11.1 Å². The van der Waals surface area contributed by atoms with Crippen LogP contribution in [0.2, 0.25) is 0 Å². The molecule has 0 atom stereocenters. The van der Waals surface area contributed by atoms with Gasteiger partial charge in [-0.15, -0.1) is 0 Å². The lowest BCUT2D eigenvalue weighted by Gasteiger charge is -2.08. The summed E-state index contributed by atoms with van der Waals surface area (Å²) in [6.07, 6.45) is -1.90. The van der Waals surface area contributed by atoms with Crippen molar-refractivity contribution in [3.8, 4) is 11.4 Å². The van der Waals surface area contributed by atoms with Crippen LogP contribution in [0.1, 0.15) is 5.56 Å². The van der Waals surface area contributed by atoms with E-state index in [0.29, 0.717) is 10.3 Å². The molecule has 0 fully saturated rings. The summed E-state index contributed by atoms with van der Waals surface area (Å²) in [7, 11) is 0. The average molecular weight is 322 g/mol. The van der Waals surface area contributed by atoms with Gasteiger partial charge in [0, 0.05) is 11.8 Å². The standard InChI is InChI=1S/C14H9F3N4O2/c15-14(16,17)10-4-1-5-11(7-10)18-13-19-12(20-23-13)9-3-2-6-21(22)8-9/h1-8H,(H,18,19,20). The van der Waals surface area contributed by atoms with Crippen molar-refractivity contribution >= 4 is 11.7 Å². The highest BCUT2D eigenvalue weighted by Crippen LogP contribution is 2.31. The molecule has 1 aromatic carbocycles. The Kier molecular flexibility index (Phi) is 3.61. The van der Waals surface area contributed by atoms with Crippen molar-refractivity contribution in [1.82, 2.24) is 10.1 Å². The zero-order valence-corrected chi connectivity index (χ0v) is 11.4. The molecule has 0 aliphatic carbocycles. The van der Waals surface area contributed by atoms with E-state index in [4.69, 9.17) is 4.52 Å². The molecule has 0 aliphatic rings. The monoisotopic (exact) mass is 322 g/mol. The molecule has 1 N–H and O–H groups in total. The van der Waals surface area contributed by atoms with Crippen LogP contribution in [-0.2, 0) is 6.18 Å². The Bertz CT molecular complexity index is 833. The van der Waals surface area contributed by atoms with Gasteiger partial charge in [0.1, 0.15) is 0 Å². The van der Waals surface area contributed by atoms with Gasteiger partial charge in [0.25, 0.3) is 0 Å². The van der Waals surface area contributed by atoms with Gasteiger partial charge in [-0.05, 0) is 24.3 Å². The second kappa shape index (κ2) is 5.59. The maximum absolute atomic E-state index is 12.7. The molecule has 0 aliphatic heterocycles. The highest BCUT2D eigenvalue weighted by Gasteiger charge is 2.30. The number of nitrogens with zero attached hydrogens (tertiary/aromatic N) is 3. The number of hydrogen-bond acceptors (Lipinski definition) is 5. The van der Waals surface area contributed by atoms with Crippen molar-refractivity contribution in [3.05, 3.63) is 59.6 Å². The van der Waals surface area contributed by atoms with Crippen LogP contribution >= 0.6 is 0 Å². The molecule has 3 aromatic rings. The third-order valence-corrected chi connectivity index (χ3v) is 2.90. The van der Waals surface area contributed by atoms with Gasteiger partial charge >= 0.3 is 12.2 Å². The summed E-state index contributed by atoms with van der Waals surface area (Å²) in [6, 6.07) is 7.62. The Hall–Kier alpha value is -3.10. The first-order valence-corrected chi connectivity index (χ1v) is 6.39. The van der Waals surface area contributed by atoms with Crippen LogP contribution in [0.4, 0.5) is 24.9 Å². The molecule has 0 unspecified atom stereocenters. The molecule has 0 saturated carbocycles. The summed E-state index contributed by atoms with van der Waals surface area (Å²) in [6.45, 7) is 0. The molecular formula is C14H9F3N4O2. The van der Waals surface area contributed by atoms with E-state index in [-0.39, 0.29) is 17.5 Å². The summed E-state index contributed by atoms with van der Waals surface area (Å²) in [5, 5.41) is 17.5. The molecule has 2 aromatic heterocycles. The quantitative estimate of drug-likeness (QED) is 0.592. The first-order chi connectivity index (χ1) is 10.9. The lowest BCUT2D eigenvalue weighted by atomic mass is 10.2. The Morgan fingerprint density at radius 1 is 1.17 bits per heavy atom. The molecule has 0 saturated heterocycles. The van der Waals surface area contributed by atoms with Crippen LogP contribution < -0.4 is 10.0 Å². The Morgan fingerprint density at radius 3 is 2.74 bits per heavy atom. The minimum atomic E-state index is -4.44. The molecule has 0 amide bonds. The Balaban J connectivity index is 1.82. The molecule has 0 spiro atoms. The van der Waals surface area contributed by atoms with Crippen molar-refractivity contribution in [3.63, 3.8) is 0 Å². The second-order valence-corrected chi connectivity index (χ2v) is 4.58. The van der Waals surface area contributed by atoms with Gasteiger partial charge in [-0.3, -0.25) is 0 Å². The van der Waals surface area contributed by atoms with E-state index < -0.39 is 11.7 Å². The molecule has 0 bridgehead atoms. The van der Waals surface area contributed by atoms with Gasteiger partial charge < -0.3 is 15.0 Å². The van der Waals surface area contributed by atoms with Crippen LogP contribution in [0.3, 0.4) is 0 Å². The maximum Gasteiger partial charge on any atom is 0.416 e. The zero-order chi connectivity index (χ0) is 16.4. The maximum atomic E-state index is 12.7. The number of aromatic nitrogens is 3. The number of rotatable bonds is 3. The number of halogens is 3. The first-order valence-electron chi connectivity index (χ1n) is 6.39. The van der Waals surface area contributed by atoms with E-state index in [1.807, 2.05) is 0 Å². The predicted molar refractivity (Wildman–Crippen MR) is 73.4 cm³/mol. The van der Waals surface area contributed by atoms with E-state index in [1.165, 1.54) is 30.6 Å². The number of pyridine rings is 1. The van der Waals surface area contributed by atoms with E-state index in [2.05, 4.69) is 15.5 Å². The third-order valence-electron chi connectivity index (χ3n) is 2.90. The van der Waals surface area contributed by atoms with Gasteiger partial charge in [0.2, 0.25) is 5.82 Å². The minimum absolute atomic E-state index is 0.0828. The Morgan fingerprint density at radius 2 is 2.00 bits per heavy atom. The predicted octanol–water partition coefficient (Wildman–Crippen LogP) is 3.13. The topological polar surface area (TPSA) is 77.9 Å². The molecule has 23 heavy (non-hydrogen) atoms. The molecular weight excluding hydrogens is 313 g/mol. The SMILES string of the molecule is [O-][n+]1cccc(-c2noc(Nc3cccc(C(F)(F)F)c3)n2)c1. The summed E-state index contributed by atoms with van der Waals surface area (Å²) < 4.78 is 43.5. The van der Waals surface area contributed by atoms with Crippen molar-refractivity contribution < 1.29 is 22.4 Å². The summed E-state index contributed by atoms with van der Waals surface area (Å²) in [5.41, 5.74) is -0.219. The zero-order valence-electron chi connectivity index (χ0n) is 11.4. The molecule has 9 heteroatoms. The first kappa shape index (κ1) is 14.8. The van der Waals surface area contributed by atoms with E-state index in [1.54, 1.807) is 6.07 Å². The average Bonchev–Trinajstić information content (AvgIpc) is 2.95. The molecule has 0 radical (unpaired) electrons. The van der Waals surface area contributed by atoms with Crippen molar-refractivity contribution in [2.75, 3.05) is 5.32 Å². The van der Waals surface area contributed by atoms with Crippen molar-refractivity contribution in [2.24, 2.45) is 0 Å². The van der Waals surface area contributed by atoms with Crippen LogP contribution in [0, 0.1) is 5.21 Å². The molecule has 6 nitrogen and oxygen atoms in total. The third kappa shape index (κ3) is 3.39. The molecule has 118 valence electrons. The van der Waals surface area contributed by atoms with Gasteiger partial charge in [-0.2, -0.15) is 22.9 Å². The summed E-state index contributed by atoms with van der Waals surface area (Å²) >= 11 is 0. The molecule has 2 heterocycles. The number of nitrogens with one attached hydrogen (secondary N) is 1. The van der Waals surface area contributed by atoms with E-state index in [0.717, 1.165) is 12.1 Å². The summed E-state index contributed by atoms with van der Waals surface area (Å²) in [5.74, 6) is 0.143. The van der Waals surface area contributed by atoms with Gasteiger partial charge in [-0.1, -0.05) is 11.2 Å². The van der Waals surface area contributed by atoms with E-state index in [9.17, 15) is 18.4 Å². The van der Waals surface area contributed by atoms with Crippen LogP contribution in [0.15, 0.2) is 53.3 Å². The number of hydrogen-bond donors (Lipinski definition) is 1. The van der Waals surface area contributed by atoms with Crippen LogP contribution in [-0.4, -0.2) is 10.1 Å². The number of alkyl halides is 3. The van der Waals surface area contributed by atoms with E-state index >= 15 is 0 Å².